The molecule has 15 heavy (non-hydrogen) atoms. The van der Waals surface area contributed by atoms with E-state index in [1.807, 2.05) is 0 Å². The Morgan fingerprint density at radius 1 is 1.07 bits per heavy atom. The Kier molecular flexibility index (Phi) is 6.63. The first-order chi connectivity index (χ1) is 7.17. The van der Waals surface area contributed by atoms with Crippen LogP contribution in [0.3, 0.4) is 0 Å². The van der Waals surface area contributed by atoms with Crippen molar-refractivity contribution in [3.8, 4) is 0 Å². The molecule has 0 atom stereocenters. The van der Waals surface area contributed by atoms with Crippen molar-refractivity contribution in [1.29, 1.82) is 0 Å². The Labute approximate surface area is 90.0 Å². The van der Waals surface area contributed by atoms with Crippen LogP contribution in [0.2, 0.25) is 0 Å². The molecule has 0 saturated carbocycles. The average Bonchev–Trinajstić information content (AvgIpc) is 2.24. The highest BCUT2D eigenvalue weighted by Crippen LogP contribution is 1.91. The number of nitrogens with one attached hydrogen (secondary N) is 1. The quantitative estimate of drug-likeness (QED) is 0.510. The first-order valence-electron chi connectivity index (χ1n) is 4.57. The number of carbonyl (C=O) groups excluding carboxylic acids is 2. The van der Waals surface area contributed by atoms with Gasteiger partial charge in [0.15, 0.2) is 0 Å². The molecule has 0 aliphatic heterocycles. The summed E-state index contributed by atoms with van der Waals surface area (Å²) in [7, 11) is 0. The number of rotatable bonds is 6. The number of amides is 2. The van der Waals surface area contributed by atoms with Crippen LogP contribution in [0.1, 0.15) is 0 Å². The summed E-state index contributed by atoms with van der Waals surface area (Å²) in [4.78, 5) is 24.1. The largest absolute Gasteiger partial charge is 0.344 e. The molecular formula is C11H16N2O2. The van der Waals surface area contributed by atoms with Crippen LogP contribution >= 0.6 is 0 Å². The Balaban J connectivity index is 4.33. The van der Waals surface area contributed by atoms with Gasteiger partial charge in [0.25, 0.3) is 0 Å². The molecule has 0 fully saturated rings. The topological polar surface area (TPSA) is 49.4 Å². The lowest BCUT2D eigenvalue weighted by atomic mass is 10.4. The number of nitrogens with zero attached hydrogens (tertiary/aromatic N) is 1. The van der Waals surface area contributed by atoms with Crippen molar-refractivity contribution < 1.29 is 9.59 Å². The lowest BCUT2D eigenvalue weighted by Gasteiger charge is -2.18. The van der Waals surface area contributed by atoms with E-state index >= 15 is 0 Å². The van der Waals surface area contributed by atoms with Crippen molar-refractivity contribution in [1.82, 2.24) is 10.2 Å². The summed E-state index contributed by atoms with van der Waals surface area (Å²) in [5.74, 6) is -1.23. The fourth-order valence-corrected chi connectivity index (χ4v) is 0.936. The second kappa shape index (κ2) is 7.55. The van der Waals surface area contributed by atoms with Gasteiger partial charge in [-0.15, -0.1) is 19.7 Å². The lowest BCUT2D eigenvalue weighted by Crippen LogP contribution is -2.43. The fourth-order valence-electron chi connectivity index (χ4n) is 0.936. The zero-order chi connectivity index (χ0) is 11.7. The van der Waals surface area contributed by atoms with Crippen LogP contribution in [0.25, 0.3) is 0 Å². The minimum absolute atomic E-state index is 0.278. The molecule has 0 unspecified atom stereocenters. The van der Waals surface area contributed by atoms with Gasteiger partial charge in [-0.05, 0) is 0 Å². The van der Waals surface area contributed by atoms with Gasteiger partial charge in [0.2, 0.25) is 0 Å². The van der Waals surface area contributed by atoms with E-state index in [4.69, 9.17) is 0 Å². The Morgan fingerprint density at radius 2 is 1.60 bits per heavy atom. The van der Waals surface area contributed by atoms with Crippen molar-refractivity contribution in [3.05, 3.63) is 38.0 Å². The molecule has 0 bridgehead atoms. The third-order valence-corrected chi connectivity index (χ3v) is 1.59. The second-order valence-electron chi connectivity index (χ2n) is 2.79. The summed E-state index contributed by atoms with van der Waals surface area (Å²) in [6.45, 7) is 11.4. The molecule has 0 aromatic rings. The van der Waals surface area contributed by atoms with Gasteiger partial charge in [-0.1, -0.05) is 18.2 Å². The second-order valence-corrected chi connectivity index (χ2v) is 2.79. The van der Waals surface area contributed by atoms with Crippen LogP contribution in [0.4, 0.5) is 0 Å². The number of carbonyl (C=O) groups is 2. The molecule has 0 saturated heterocycles. The van der Waals surface area contributed by atoms with Gasteiger partial charge in [0.05, 0.1) is 0 Å². The summed E-state index contributed by atoms with van der Waals surface area (Å²) in [6, 6.07) is 0. The van der Waals surface area contributed by atoms with Gasteiger partial charge in [-0.3, -0.25) is 9.59 Å². The van der Waals surface area contributed by atoms with Crippen LogP contribution in [-0.2, 0) is 9.59 Å². The molecule has 0 rings (SSSR count). The van der Waals surface area contributed by atoms with E-state index in [0.29, 0.717) is 13.1 Å². The van der Waals surface area contributed by atoms with Gasteiger partial charge >= 0.3 is 11.8 Å². The van der Waals surface area contributed by atoms with Crippen molar-refractivity contribution in [2.45, 2.75) is 0 Å². The third-order valence-electron chi connectivity index (χ3n) is 1.59. The molecular weight excluding hydrogens is 192 g/mol. The van der Waals surface area contributed by atoms with Crippen molar-refractivity contribution in [3.63, 3.8) is 0 Å². The van der Waals surface area contributed by atoms with Crippen molar-refractivity contribution >= 4 is 11.8 Å². The predicted octanol–water partition coefficient (Wildman–Crippen LogP) is 0.489. The molecule has 0 radical (unpaired) electrons. The predicted molar refractivity (Wildman–Crippen MR) is 60.2 cm³/mol. The summed E-state index contributed by atoms with van der Waals surface area (Å²) < 4.78 is 0. The van der Waals surface area contributed by atoms with Gasteiger partial charge in [-0.2, -0.15) is 0 Å². The molecule has 4 nitrogen and oxygen atoms in total. The highest BCUT2D eigenvalue weighted by molar-refractivity contribution is 6.35. The van der Waals surface area contributed by atoms with Gasteiger partial charge < -0.3 is 10.2 Å². The van der Waals surface area contributed by atoms with Crippen LogP contribution in [0.15, 0.2) is 38.0 Å². The Bertz CT molecular complexity index is 262. The molecule has 4 heteroatoms. The van der Waals surface area contributed by atoms with E-state index in [9.17, 15) is 9.59 Å². The molecule has 2 amide bonds. The van der Waals surface area contributed by atoms with Crippen LogP contribution in [0, 0.1) is 0 Å². The molecule has 1 N–H and O–H groups in total. The average molecular weight is 208 g/mol. The monoisotopic (exact) mass is 208 g/mol. The van der Waals surface area contributed by atoms with E-state index in [0.717, 1.165) is 0 Å². The zero-order valence-electron chi connectivity index (χ0n) is 8.74. The maximum absolute atomic E-state index is 11.5. The van der Waals surface area contributed by atoms with E-state index in [-0.39, 0.29) is 6.54 Å². The van der Waals surface area contributed by atoms with Gasteiger partial charge in [0, 0.05) is 19.6 Å². The Morgan fingerprint density at radius 3 is 2.00 bits per heavy atom. The Hall–Kier alpha value is -1.84. The van der Waals surface area contributed by atoms with E-state index < -0.39 is 11.8 Å². The minimum atomic E-state index is -0.640. The van der Waals surface area contributed by atoms with Crippen LogP contribution in [-0.4, -0.2) is 36.3 Å². The molecule has 0 aliphatic carbocycles. The molecule has 0 aliphatic rings. The van der Waals surface area contributed by atoms with Gasteiger partial charge in [0.1, 0.15) is 0 Å². The molecule has 0 heterocycles. The van der Waals surface area contributed by atoms with Crippen LogP contribution < -0.4 is 5.32 Å². The highest BCUT2D eigenvalue weighted by atomic mass is 16.2. The normalized spacial score (nSPS) is 8.80. The summed E-state index contributed by atoms with van der Waals surface area (Å²) in [5, 5.41) is 2.41. The number of hydrogen-bond acceptors (Lipinski definition) is 2. The van der Waals surface area contributed by atoms with Gasteiger partial charge in [-0.25, -0.2) is 0 Å². The summed E-state index contributed by atoms with van der Waals surface area (Å²) in [6.07, 6.45) is 4.63. The number of hydrogen-bond donors (Lipinski definition) is 1. The van der Waals surface area contributed by atoms with E-state index in [1.54, 1.807) is 12.2 Å². The summed E-state index contributed by atoms with van der Waals surface area (Å²) in [5.41, 5.74) is 0. The lowest BCUT2D eigenvalue weighted by molar-refractivity contribution is -0.145. The minimum Gasteiger partial charge on any atom is -0.344 e. The van der Waals surface area contributed by atoms with Crippen molar-refractivity contribution in [2.75, 3.05) is 19.6 Å². The van der Waals surface area contributed by atoms with Crippen LogP contribution in [0.5, 0.6) is 0 Å². The maximum atomic E-state index is 11.5. The smallest absolute Gasteiger partial charge is 0.312 e. The zero-order valence-corrected chi connectivity index (χ0v) is 8.74. The first-order valence-corrected chi connectivity index (χ1v) is 4.57. The third kappa shape index (κ3) is 4.81. The fraction of sp³-hybridized carbons (Fsp3) is 0.273. The SMILES string of the molecule is C=CCNC(=O)C(=O)N(CC=C)CC=C. The van der Waals surface area contributed by atoms with E-state index in [2.05, 4.69) is 25.1 Å². The molecule has 0 aromatic carbocycles. The highest BCUT2D eigenvalue weighted by Gasteiger charge is 2.18. The van der Waals surface area contributed by atoms with Crippen molar-refractivity contribution in [2.24, 2.45) is 0 Å². The maximum Gasteiger partial charge on any atom is 0.312 e. The first kappa shape index (κ1) is 13.2. The standard InChI is InChI=1S/C11H16N2O2/c1-4-7-12-10(14)11(15)13(8-5-2)9-6-3/h4-6H,1-3,7-9H2,(H,12,14). The van der Waals surface area contributed by atoms with E-state index in [1.165, 1.54) is 11.0 Å². The molecule has 0 spiro atoms. The molecule has 82 valence electrons. The molecule has 0 aromatic heterocycles. The summed E-state index contributed by atoms with van der Waals surface area (Å²) >= 11 is 0.